The van der Waals surface area contributed by atoms with Crippen LogP contribution < -0.4 is 10.6 Å². The topological polar surface area (TPSA) is 191 Å². The smallest absolute Gasteiger partial charge is 0.322 e. The van der Waals surface area contributed by atoms with E-state index in [4.69, 9.17) is 10.2 Å². The molecule has 2 saturated carbocycles. The number of nitrogens with zero attached hydrogens (tertiary/aromatic N) is 10. The molecule has 6 aromatic heterocycles. The summed E-state index contributed by atoms with van der Waals surface area (Å²) in [7, 11) is 0. The van der Waals surface area contributed by atoms with Crippen molar-refractivity contribution in [2.45, 2.75) is 98.3 Å². The Morgan fingerprint density at radius 1 is 0.656 bits per heavy atom. The summed E-state index contributed by atoms with van der Waals surface area (Å²) < 4.78 is 29.8. The fourth-order valence-electron chi connectivity index (χ4n) is 10.5. The number of carbonyl (C=O) groups excluding carboxylic acids is 1. The summed E-state index contributed by atoms with van der Waals surface area (Å²) in [6.45, 7) is 1.33. The summed E-state index contributed by atoms with van der Waals surface area (Å²) in [5.74, 6) is 0.256. The van der Waals surface area contributed by atoms with Gasteiger partial charge in [-0.1, -0.05) is 12.8 Å². The fraction of sp³-hybridized carbons (Fsp3) is 0.444. The molecule has 4 aliphatic rings. The normalized spacial score (nSPS) is 24.9. The third kappa shape index (κ3) is 6.89. The maximum Gasteiger partial charge on any atom is 0.322 e. The fourth-order valence-corrected chi connectivity index (χ4v) is 12.2. The quantitative estimate of drug-likeness (QED) is 0.104. The number of aromatic nitrogens is 8. The zero-order chi connectivity index (χ0) is 43.9. The Kier molecular flexibility index (Phi) is 11.3. The van der Waals surface area contributed by atoms with Gasteiger partial charge in [-0.15, -0.1) is 32.9 Å². The van der Waals surface area contributed by atoms with Gasteiger partial charge in [0.1, 0.15) is 23.3 Å². The minimum absolute atomic E-state index is 0.256. The Morgan fingerprint density at radius 3 is 1.45 bits per heavy atom. The summed E-state index contributed by atoms with van der Waals surface area (Å²) in [6, 6.07) is 12.7. The van der Waals surface area contributed by atoms with Crippen molar-refractivity contribution in [3.63, 3.8) is 0 Å². The highest BCUT2D eigenvalue weighted by Crippen LogP contribution is 2.50. The third-order valence-electron chi connectivity index (χ3n) is 14.1. The number of piperidine rings is 2. The van der Waals surface area contributed by atoms with Crippen molar-refractivity contribution in [3.8, 4) is 0 Å². The highest BCUT2D eigenvalue weighted by atomic mass is 32.1. The molecule has 64 heavy (non-hydrogen) atoms. The Balaban J connectivity index is 0.979. The second kappa shape index (κ2) is 17.1. The van der Waals surface area contributed by atoms with Crippen LogP contribution in [0.3, 0.4) is 0 Å². The minimum Gasteiger partial charge on any atom is -0.390 e. The Labute approximate surface area is 376 Å². The molecule has 0 radical (unpaired) electrons. The lowest BCUT2D eigenvalue weighted by atomic mass is 9.66. The third-order valence-corrected chi connectivity index (χ3v) is 15.9. The molecule has 0 bridgehead atoms. The zero-order valence-electron chi connectivity index (χ0n) is 35.0. The van der Waals surface area contributed by atoms with Crippen molar-refractivity contribution in [2.75, 3.05) is 36.8 Å². The molecule has 8 heterocycles. The SMILES string of the molecule is O=C(N1CCCC(O)C1(c1ccc(NCC2(c3ncccc3F)CCC2)nn1)c1cncs1)N1CCCC(O)C1(c1ccc(NCC2(c3ncccc3F)CCC2)nn1)c1cncs1. The molecule has 6 aromatic rings. The lowest BCUT2D eigenvalue weighted by molar-refractivity contribution is -0.0629. The average Bonchev–Trinajstić information content (AvgIpc) is 4.04. The van der Waals surface area contributed by atoms with Crippen LogP contribution in [0.4, 0.5) is 25.2 Å². The summed E-state index contributed by atoms with van der Waals surface area (Å²) in [6.07, 6.45) is 11.2. The molecular formula is C45H48F2N12O3S2. The van der Waals surface area contributed by atoms with Crippen molar-refractivity contribution in [3.05, 3.63) is 129 Å². The van der Waals surface area contributed by atoms with E-state index in [1.165, 1.54) is 34.8 Å². The maximum absolute atomic E-state index is 15.8. The van der Waals surface area contributed by atoms with Crippen molar-refractivity contribution < 1.29 is 23.8 Å². The van der Waals surface area contributed by atoms with Gasteiger partial charge in [0, 0.05) is 61.8 Å². The Morgan fingerprint density at radius 2 is 1.11 bits per heavy atom. The number of halogens is 2. The van der Waals surface area contributed by atoms with Crippen LogP contribution in [0, 0.1) is 11.6 Å². The first-order chi connectivity index (χ1) is 31.2. The first-order valence-corrected chi connectivity index (χ1v) is 23.6. The second-order valence-corrected chi connectivity index (χ2v) is 19.2. The van der Waals surface area contributed by atoms with E-state index >= 15 is 4.79 Å². The van der Waals surface area contributed by atoms with Crippen LogP contribution in [0.2, 0.25) is 0 Å². The molecule has 4 N–H and O–H groups in total. The van der Waals surface area contributed by atoms with E-state index in [-0.39, 0.29) is 24.7 Å². The number of hydrogen-bond donors (Lipinski definition) is 4. The number of aliphatic hydroxyl groups excluding tert-OH is 2. The molecule has 4 unspecified atom stereocenters. The van der Waals surface area contributed by atoms with Gasteiger partial charge in [0.05, 0.1) is 55.8 Å². The zero-order valence-corrected chi connectivity index (χ0v) is 36.6. The number of thiazole rings is 2. The van der Waals surface area contributed by atoms with Crippen molar-refractivity contribution in [2.24, 2.45) is 0 Å². The largest absolute Gasteiger partial charge is 0.390 e. The molecule has 2 aliphatic heterocycles. The molecule has 2 amide bonds. The molecule has 4 fully saturated rings. The first kappa shape index (κ1) is 42.3. The van der Waals surface area contributed by atoms with Crippen LogP contribution in [-0.4, -0.2) is 105 Å². The van der Waals surface area contributed by atoms with Gasteiger partial charge in [-0.05, 0) is 99.9 Å². The molecule has 0 aromatic carbocycles. The number of pyridine rings is 2. The van der Waals surface area contributed by atoms with Gasteiger partial charge in [0.2, 0.25) is 0 Å². The second-order valence-electron chi connectivity index (χ2n) is 17.4. The molecule has 2 saturated heterocycles. The molecule has 10 rings (SSSR count). The van der Waals surface area contributed by atoms with E-state index in [1.807, 2.05) is 0 Å². The van der Waals surface area contributed by atoms with E-state index < -0.39 is 40.1 Å². The monoisotopic (exact) mass is 906 g/mol. The molecular weight excluding hydrogens is 859 g/mol. The number of urea groups is 1. The van der Waals surface area contributed by atoms with E-state index in [1.54, 1.807) is 82.0 Å². The Hall–Kier alpha value is -5.63. The number of anilines is 2. The van der Waals surface area contributed by atoms with Gasteiger partial charge in [0.25, 0.3) is 0 Å². The van der Waals surface area contributed by atoms with Gasteiger partial charge in [-0.2, -0.15) is 10.2 Å². The molecule has 4 atom stereocenters. The minimum atomic E-state index is -1.50. The molecule has 19 heteroatoms. The lowest BCUT2D eigenvalue weighted by Gasteiger charge is -2.54. The summed E-state index contributed by atoms with van der Waals surface area (Å²) >= 11 is 2.62. The number of hydrogen-bond acceptors (Lipinski definition) is 15. The average molecular weight is 907 g/mol. The number of rotatable bonds is 12. The number of likely N-dealkylation sites (tertiary alicyclic amines) is 2. The molecule has 15 nitrogen and oxygen atoms in total. The van der Waals surface area contributed by atoms with Gasteiger partial charge in [-0.3, -0.25) is 19.9 Å². The van der Waals surface area contributed by atoms with E-state index in [0.29, 0.717) is 82.9 Å². The van der Waals surface area contributed by atoms with Crippen LogP contribution in [0.25, 0.3) is 0 Å². The van der Waals surface area contributed by atoms with Crippen molar-refractivity contribution >= 4 is 40.3 Å². The van der Waals surface area contributed by atoms with Crippen LogP contribution in [0.1, 0.15) is 96.7 Å². The van der Waals surface area contributed by atoms with Crippen molar-refractivity contribution in [1.82, 2.24) is 50.1 Å². The number of carbonyl (C=O) groups is 1. The lowest BCUT2D eigenvalue weighted by Crippen LogP contribution is -2.68. The highest BCUT2D eigenvalue weighted by Gasteiger charge is 2.59. The number of amides is 2. The maximum atomic E-state index is 15.8. The van der Waals surface area contributed by atoms with Gasteiger partial charge < -0.3 is 30.6 Å². The number of aliphatic hydroxyl groups is 2. The van der Waals surface area contributed by atoms with Gasteiger partial charge >= 0.3 is 6.03 Å². The predicted octanol–water partition coefficient (Wildman–Crippen LogP) is 6.54. The van der Waals surface area contributed by atoms with Crippen LogP contribution >= 0.6 is 22.7 Å². The van der Waals surface area contributed by atoms with E-state index in [2.05, 4.69) is 40.8 Å². The highest BCUT2D eigenvalue weighted by molar-refractivity contribution is 7.10. The van der Waals surface area contributed by atoms with Crippen LogP contribution in [0.15, 0.2) is 84.3 Å². The summed E-state index contributed by atoms with van der Waals surface area (Å²) in [5, 5.41) is 49.9. The summed E-state index contributed by atoms with van der Waals surface area (Å²) in [4.78, 5) is 37.9. The van der Waals surface area contributed by atoms with Crippen LogP contribution in [-0.2, 0) is 21.9 Å². The standard InChI is InChI=1S/C45H48F2N12O3S2/c46-29-7-1-19-50-39(29)42(15-5-16-42)25-52-37-13-11-31(54-56-37)44(35-23-48-27-63-35)33(60)9-3-21-58(44)41(62)59-22-4-10-34(61)45(59,36-24-49-28-64-36)32-12-14-38(57-55-32)53-26-43(17-6-18-43)40-30(47)8-2-20-51-40/h1-2,7-8,11-14,19-20,23-24,27-28,33-34,60-61H,3-6,9-10,15-18,21-22,25-26H2,(H,52,56)(H,53,57). The molecule has 332 valence electrons. The van der Waals surface area contributed by atoms with E-state index in [0.717, 1.165) is 38.5 Å². The van der Waals surface area contributed by atoms with E-state index in [9.17, 15) is 19.0 Å². The Bertz CT molecular complexity index is 2390. The van der Waals surface area contributed by atoms with Gasteiger partial charge in [0.15, 0.2) is 11.1 Å². The summed E-state index contributed by atoms with van der Waals surface area (Å²) in [5.41, 5.74) is 0.965. The molecule has 2 aliphatic carbocycles. The van der Waals surface area contributed by atoms with Crippen LogP contribution in [0.5, 0.6) is 0 Å². The first-order valence-electron chi connectivity index (χ1n) is 21.8. The predicted molar refractivity (Wildman–Crippen MR) is 236 cm³/mol. The van der Waals surface area contributed by atoms with Crippen molar-refractivity contribution in [1.29, 1.82) is 0 Å². The van der Waals surface area contributed by atoms with Gasteiger partial charge in [-0.25, -0.2) is 13.6 Å². The number of nitrogens with one attached hydrogen (secondary N) is 2. The molecule has 0 spiro atoms.